The number of nitrogens with zero attached hydrogens (tertiary/aromatic N) is 2. The second kappa shape index (κ2) is 6.67. The van der Waals surface area contributed by atoms with E-state index >= 15 is 0 Å². The zero-order valence-electron chi connectivity index (χ0n) is 10.1. The SMILES string of the molecule is C/C(=N/C#N)NCCNC(=O)OC(C)(C)C. The second-order valence-electron chi connectivity index (χ2n) is 4.15. The highest BCUT2D eigenvalue weighted by molar-refractivity contribution is 5.80. The largest absolute Gasteiger partial charge is 0.444 e. The predicted octanol–water partition coefficient (Wildman–Crippen LogP) is 1.00. The molecule has 0 fully saturated rings. The number of rotatable bonds is 3. The van der Waals surface area contributed by atoms with Gasteiger partial charge in [-0.15, -0.1) is 0 Å². The van der Waals surface area contributed by atoms with E-state index in [4.69, 9.17) is 10.00 Å². The standard InChI is InChI=1S/C10H18N4O2/c1-8(14-7-11)12-5-6-13-9(15)16-10(2,3)4/h5-6H2,1-4H3,(H,12,14)(H,13,15). The van der Waals surface area contributed by atoms with Crippen molar-refractivity contribution < 1.29 is 9.53 Å². The maximum atomic E-state index is 11.2. The molecule has 0 aliphatic rings. The second-order valence-corrected chi connectivity index (χ2v) is 4.15. The molecule has 90 valence electrons. The number of amidine groups is 1. The molecular weight excluding hydrogens is 208 g/mol. The molecule has 0 atom stereocenters. The molecule has 0 aromatic rings. The molecule has 6 nitrogen and oxygen atoms in total. The number of nitriles is 1. The Morgan fingerprint density at radius 2 is 1.94 bits per heavy atom. The Kier molecular flexibility index (Phi) is 5.93. The Hall–Kier alpha value is -1.77. The van der Waals surface area contributed by atoms with E-state index in [0.29, 0.717) is 18.9 Å². The quantitative estimate of drug-likeness (QED) is 0.325. The highest BCUT2D eigenvalue weighted by Crippen LogP contribution is 2.05. The molecular formula is C10H18N4O2. The van der Waals surface area contributed by atoms with Crippen molar-refractivity contribution in [1.82, 2.24) is 10.6 Å². The van der Waals surface area contributed by atoms with Gasteiger partial charge in [0, 0.05) is 13.1 Å². The first kappa shape index (κ1) is 14.2. The molecule has 0 saturated carbocycles. The lowest BCUT2D eigenvalue weighted by atomic mass is 10.2. The summed E-state index contributed by atoms with van der Waals surface area (Å²) in [6.45, 7) is 7.98. The first-order valence-electron chi connectivity index (χ1n) is 4.99. The van der Waals surface area contributed by atoms with Gasteiger partial charge in [-0.05, 0) is 27.7 Å². The van der Waals surface area contributed by atoms with E-state index in [1.54, 1.807) is 33.9 Å². The summed E-state index contributed by atoms with van der Waals surface area (Å²) in [6.07, 6.45) is 1.21. The van der Waals surface area contributed by atoms with Crippen molar-refractivity contribution in [3.05, 3.63) is 0 Å². The molecule has 0 saturated heterocycles. The minimum Gasteiger partial charge on any atom is -0.444 e. The van der Waals surface area contributed by atoms with Gasteiger partial charge in [0.15, 0.2) is 0 Å². The fourth-order valence-corrected chi connectivity index (χ4v) is 0.837. The van der Waals surface area contributed by atoms with E-state index < -0.39 is 11.7 Å². The number of carbonyl (C=O) groups is 1. The molecule has 0 unspecified atom stereocenters. The number of alkyl carbamates (subject to hydrolysis) is 1. The van der Waals surface area contributed by atoms with Gasteiger partial charge in [0.25, 0.3) is 0 Å². The molecule has 0 rings (SSSR count). The summed E-state index contributed by atoms with van der Waals surface area (Å²) in [6, 6.07) is 0. The van der Waals surface area contributed by atoms with Crippen LogP contribution in [0.4, 0.5) is 4.79 Å². The number of hydrogen-bond donors (Lipinski definition) is 2. The summed E-state index contributed by atoms with van der Waals surface area (Å²) < 4.78 is 5.03. The van der Waals surface area contributed by atoms with Crippen LogP contribution >= 0.6 is 0 Å². The number of ether oxygens (including phenoxy) is 1. The third kappa shape index (κ3) is 8.81. The van der Waals surface area contributed by atoms with Crippen molar-refractivity contribution in [3.63, 3.8) is 0 Å². The van der Waals surface area contributed by atoms with Crippen LogP contribution in [0, 0.1) is 11.5 Å². The highest BCUT2D eigenvalue weighted by Gasteiger charge is 2.15. The van der Waals surface area contributed by atoms with Crippen molar-refractivity contribution >= 4 is 11.9 Å². The molecule has 1 amide bonds. The third-order valence-corrected chi connectivity index (χ3v) is 1.39. The van der Waals surface area contributed by atoms with Gasteiger partial charge in [0.1, 0.15) is 11.4 Å². The third-order valence-electron chi connectivity index (χ3n) is 1.39. The smallest absolute Gasteiger partial charge is 0.407 e. The Labute approximate surface area is 95.7 Å². The van der Waals surface area contributed by atoms with Crippen molar-refractivity contribution in [2.75, 3.05) is 13.1 Å². The summed E-state index contributed by atoms with van der Waals surface area (Å²) >= 11 is 0. The monoisotopic (exact) mass is 226 g/mol. The molecule has 16 heavy (non-hydrogen) atoms. The zero-order chi connectivity index (χ0) is 12.6. The summed E-state index contributed by atoms with van der Waals surface area (Å²) in [5.41, 5.74) is -0.490. The van der Waals surface area contributed by atoms with Crippen LogP contribution in [0.5, 0.6) is 0 Å². The Balaban J connectivity index is 3.65. The molecule has 0 aliphatic carbocycles. The van der Waals surface area contributed by atoms with Crippen LogP contribution in [-0.2, 0) is 4.74 Å². The van der Waals surface area contributed by atoms with Crippen LogP contribution in [0.3, 0.4) is 0 Å². The highest BCUT2D eigenvalue weighted by atomic mass is 16.6. The van der Waals surface area contributed by atoms with E-state index in [-0.39, 0.29) is 0 Å². The number of nitrogens with one attached hydrogen (secondary N) is 2. The van der Waals surface area contributed by atoms with Gasteiger partial charge >= 0.3 is 6.09 Å². The molecule has 0 bridgehead atoms. The Morgan fingerprint density at radius 3 is 2.44 bits per heavy atom. The maximum absolute atomic E-state index is 11.2. The Bertz CT molecular complexity index is 299. The van der Waals surface area contributed by atoms with Crippen molar-refractivity contribution in [2.45, 2.75) is 33.3 Å². The van der Waals surface area contributed by atoms with Gasteiger partial charge in [-0.1, -0.05) is 0 Å². The lowest BCUT2D eigenvalue weighted by molar-refractivity contribution is 0.0529. The van der Waals surface area contributed by atoms with Crippen molar-refractivity contribution in [3.8, 4) is 6.19 Å². The first-order valence-corrected chi connectivity index (χ1v) is 4.99. The number of hydrogen-bond acceptors (Lipinski definition) is 4. The van der Waals surface area contributed by atoms with Crippen LogP contribution in [0.15, 0.2) is 4.99 Å². The summed E-state index contributed by atoms with van der Waals surface area (Å²) in [7, 11) is 0. The zero-order valence-corrected chi connectivity index (χ0v) is 10.1. The molecule has 0 aromatic carbocycles. The van der Waals surface area contributed by atoms with Crippen LogP contribution in [0.1, 0.15) is 27.7 Å². The van der Waals surface area contributed by atoms with Crippen molar-refractivity contribution in [1.29, 1.82) is 5.26 Å². The summed E-state index contributed by atoms with van der Waals surface area (Å²) in [5.74, 6) is 0.522. The van der Waals surface area contributed by atoms with E-state index in [1.165, 1.54) is 0 Å². The van der Waals surface area contributed by atoms with Crippen LogP contribution in [0.2, 0.25) is 0 Å². The average Bonchev–Trinajstić information content (AvgIpc) is 2.10. The molecule has 0 radical (unpaired) electrons. The number of aliphatic imine (C=N–C) groups is 1. The normalized spacial score (nSPS) is 11.6. The van der Waals surface area contributed by atoms with E-state index in [1.807, 2.05) is 0 Å². The van der Waals surface area contributed by atoms with Crippen molar-refractivity contribution in [2.24, 2.45) is 4.99 Å². The molecule has 0 spiro atoms. The summed E-state index contributed by atoms with van der Waals surface area (Å²) in [4.78, 5) is 14.7. The average molecular weight is 226 g/mol. The lowest BCUT2D eigenvalue weighted by Crippen LogP contribution is -2.37. The predicted molar refractivity (Wildman–Crippen MR) is 61.0 cm³/mol. The maximum Gasteiger partial charge on any atom is 0.407 e. The number of carbonyl (C=O) groups excluding carboxylic acids is 1. The molecule has 2 N–H and O–H groups in total. The minimum atomic E-state index is -0.490. The van der Waals surface area contributed by atoms with Gasteiger partial charge in [-0.3, -0.25) is 0 Å². The van der Waals surface area contributed by atoms with Gasteiger partial charge < -0.3 is 15.4 Å². The fraction of sp³-hybridized carbons (Fsp3) is 0.700. The van der Waals surface area contributed by atoms with Gasteiger partial charge in [0.2, 0.25) is 6.19 Å². The van der Waals surface area contributed by atoms with Crippen LogP contribution in [-0.4, -0.2) is 30.6 Å². The van der Waals surface area contributed by atoms with Crippen LogP contribution < -0.4 is 10.6 Å². The van der Waals surface area contributed by atoms with Crippen LogP contribution in [0.25, 0.3) is 0 Å². The first-order chi connectivity index (χ1) is 7.35. The van der Waals surface area contributed by atoms with Gasteiger partial charge in [-0.2, -0.15) is 10.3 Å². The number of amides is 1. The van der Waals surface area contributed by atoms with Gasteiger partial charge in [0.05, 0.1) is 0 Å². The van der Waals surface area contributed by atoms with E-state index in [0.717, 1.165) is 0 Å². The lowest BCUT2D eigenvalue weighted by Gasteiger charge is -2.19. The van der Waals surface area contributed by atoms with E-state index in [9.17, 15) is 4.79 Å². The fourth-order valence-electron chi connectivity index (χ4n) is 0.837. The molecule has 0 aliphatic heterocycles. The van der Waals surface area contributed by atoms with Gasteiger partial charge in [-0.25, -0.2) is 4.79 Å². The minimum absolute atomic E-state index is 0.410. The molecule has 6 heteroatoms. The molecule has 0 heterocycles. The Morgan fingerprint density at radius 1 is 1.38 bits per heavy atom. The molecule has 0 aromatic heterocycles. The summed E-state index contributed by atoms with van der Waals surface area (Å²) in [5, 5.41) is 13.7. The van der Waals surface area contributed by atoms with E-state index in [2.05, 4.69) is 15.6 Å². The topological polar surface area (TPSA) is 86.5 Å².